The van der Waals surface area contributed by atoms with Gasteiger partial charge in [-0.1, -0.05) is 6.07 Å². The molecule has 5 nitrogen and oxygen atoms in total. The highest BCUT2D eigenvalue weighted by atomic mass is 127. The average Bonchev–Trinajstić information content (AvgIpc) is 3.01. The van der Waals surface area contributed by atoms with Crippen LogP contribution in [-0.4, -0.2) is 49.1 Å². The molecule has 0 aromatic carbocycles. The van der Waals surface area contributed by atoms with E-state index in [1.165, 1.54) is 19.3 Å². The van der Waals surface area contributed by atoms with E-state index in [0.29, 0.717) is 12.6 Å². The van der Waals surface area contributed by atoms with Crippen LogP contribution in [0.25, 0.3) is 0 Å². The number of guanidine groups is 1. The zero-order valence-electron chi connectivity index (χ0n) is 15.1. The predicted octanol–water partition coefficient (Wildman–Crippen LogP) is 3.10. The van der Waals surface area contributed by atoms with Crippen LogP contribution in [0.4, 0.5) is 5.82 Å². The van der Waals surface area contributed by atoms with Crippen molar-refractivity contribution in [2.24, 2.45) is 4.99 Å². The number of aliphatic imine (C=N–C) groups is 1. The third-order valence-corrected chi connectivity index (χ3v) is 5.15. The van der Waals surface area contributed by atoms with Gasteiger partial charge in [0.05, 0.1) is 12.2 Å². The van der Waals surface area contributed by atoms with Gasteiger partial charge in [0, 0.05) is 31.9 Å². The molecule has 0 radical (unpaired) electrons. The lowest BCUT2D eigenvalue weighted by Crippen LogP contribution is -2.42. The minimum Gasteiger partial charge on any atom is -0.363 e. The molecule has 7 heteroatoms. The molecule has 2 rings (SSSR count). The van der Waals surface area contributed by atoms with Crippen LogP contribution >= 0.6 is 35.7 Å². The lowest BCUT2D eigenvalue weighted by molar-refractivity contribution is 0.614. The number of thioether (sulfide) groups is 1. The Balaban J connectivity index is 0.00000288. The Morgan fingerprint density at radius 1 is 1.38 bits per heavy atom. The maximum atomic E-state index is 4.71. The molecule has 0 spiro atoms. The second-order valence-electron chi connectivity index (χ2n) is 6.09. The molecule has 0 bridgehead atoms. The van der Waals surface area contributed by atoms with Crippen molar-refractivity contribution in [1.29, 1.82) is 0 Å². The molecule has 0 aliphatic heterocycles. The Bertz CT molecular complexity index is 523. The van der Waals surface area contributed by atoms with Crippen LogP contribution < -0.4 is 15.5 Å². The van der Waals surface area contributed by atoms with Gasteiger partial charge in [-0.3, -0.25) is 0 Å². The van der Waals surface area contributed by atoms with Crippen molar-refractivity contribution in [3.8, 4) is 0 Å². The highest BCUT2D eigenvalue weighted by molar-refractivity contribution is 14.0. The summed E-state index contributed by atoms with van der Waals surface area (Å²) in [5, 5.41) is 7.71. The fourth-order valence-electron chi connectivity index (χ4n) is 2.76. The smallest absolute Gasteiger partial charge is 0.191 e. The number of hydrogen-bond donors (Lipinski definition) is 2. The number of pyridine rings is 1. The van der Waals surface area contributed by atoms with Crippen LogP contribution in [0.3, 0.4) is 0 Å². The number of rotatable bonds is 6. The summed E-state index contributed by atoms with van der Waals surface area (Å²) in [7, 11) is 4.01. The molecule has 0 amide bonds. The monoisotopic (exact) mass is 463 g/mol. The van der Waals surface area contributed by atoms with Gasteiger partial charge in [-0.2, -0.15) is 11.8 Å². The van der Waals surface area contributed by atoms with Gasteiger partial charge in [-0.05, 0) is 44.6 Å². The summed E-state index contributed by atoms with van der Waals surface area (Å²) < 4.78 is 0. The van der Waals surface area contributed by atoms with Crippen molar-refractivity contribution < 1.29 is 0 Å². The summed E-state index contributed by atoms with van der Waals surface area (Å²) in [6.07, 6.45) is 5.95. The van der Waals surface area contributed by atoms with Crippen molar-refractivity contribution in [2.45, 2.75) is 44.0 Å². The van der Waals surface area contributed by atoms with Crippen molar-refractivity contribution in [3.63, 3.8) is 0 Å². The normalized spacial score (nSPS) is 20.4. The summed E-state index contributed by atoms with van der Waals surface area (Å²) in [6.45, 7) is 3.56. The molecule has 2 N–H and O–H groups in total. The molecule has 1 fully saturated rings. The molecule has 136 valence electrons. The van der Waals surface area contributed by atoms with Crippen LogP contribution in [0.15, 0.2) is 23.2 Å². The number of nitrogens with one attached hydrogen (secondary N) is 2. The third-order valence-electron chi connectivity index (χ3n) is 4.05. The van der Waals surface area contributed by atoms with Crippen LogP contribution in [0, 0.1) is 0 Å². The lowest BCUT2D eigenvalue weighted by Gasteiger charge is -2.17. The lowest BCUT2D eigenvalue weighted by atomic mass is 10.2. The summed E-state index contributed by atoms with van der Waals surface area (Å²) in [5.74, 6) is 1.87. The van der Waals surface area contributed by atoms with E-state index in [0.717, 1.165) is 29.3 Å². The first-order valence-electron chi connectivity index (χ1n) is 8.33. The minimum absolute atomic E-state index is 0. The first kappa shape index (κ1) is 21.3. The molecule has 1 aromatic heterocycles. The second-order valence-corrected chi connectivity index (χ2v) is 7.23. The van der Waals surface area contributed by atoms with Crippen LogP contribution in [0.1, 0.15) is 31.9 Å². The summed E-state index contributed by atoms with van der Waals surface area (Å²) >= 11 is 1.98. The molecule has 2 unspecified atom stereocenters. The minimum atomic E-state index is 0. The fourth-order valence-corrected chi connectivity index (χ4v) is 3.56. The molecule has 1 aliphatic rings. The summed E-state index contributed by atoms with van der Waals surface area (Å²) in [4.78, 5) is 11.3. The van der Waals surface area contributed by atoms with Gasteiger partial charge in [0.15, 0.2) is 5.96 Å². The highest BCUT2D eigenvalue weighted by Crippen LogP contribution is 2.28. The largest absolute Gasteiger partial charge is 0.363 e. The Labute approximate surface area is 167 Å². The Morgan fingerprint density at radius 2 is 2.17 bits per heavy atom. The van der Waals surface area contributed by atoms with E-state index in [2.05, 4.69) is 28.8 Å². The van der Waals surface area contributed by atoms with E-state index in [1.807, 2.05) is 49.0 Å². The number of hydrogen-bond acceptors (Lipinski definition) is 4. The summed E-state index contributed by atoms with van der Waals surface area (Å²) in [5.41, 5.74) is 0.988. The second kappa shape index (κ2) is 11.0. The molecule has 1 aromatic rings. The number of halogens is 1. The van der Waals surface area contributed by atoms with E-state index in [-0.39, 0.29) is 24.0 Å². The zero-order valence-corrected chi connectivity index (χ0v) is 18.2. The van der Waals surface area contributed by atoms with Gasteiger partial charge < -0.3 is 15.5 Å². The van der Waals surface area contributed by atoms with Crippen molar-refractivity contribution >= 4 is 47.5 Å². The van der Waals surface area contributed by atoms with Gasteiger partial charge in [0.1, 0.15) is 5.82 Å². The van der Waals surface area contributed by atoms with Gasteiger partial charge in [-0.25, -0.2) is 9.98 Å². The topological polar surface area (TPSA) is 52.6 Å². The Hall–Kier alpha value is -0.700. The quantitative estimate of drug-likeness (QED) is 0.386. The van der Waals surface area contributed by atoms with E-state index in [4.69, 9.17) is 4.99 Å². The number of aromatic nitrogens is 1. The van der Waals surface area contributed by atoms with Gasteiger partial charge in [0.25, 0.3) is 0 Å². The fraction of sp³-hybridized carbons (Fsp3) is 0.647. The van der Waals surface area contributed by atoms with E-state index < -0.39 is 0 Å². The van der Waals surface area contributed by atoms with Crippen molar-refractivity contribution in [2.75, 3.05) is 31.8 Å². The molecular formula is C17H30IN5S. The first-order valence-corrected chi connectivity index (χ1v) is 9.62. The van der Waals surface area contributed by atoms with E-state index in [9.17, 15) is 0 Å². The summed E-state index contributed by atoms with van der Waals surface area (Å²) in [6, 6.07) is 6.61. The van der Waals surface area contributed by atoms with Gasteiger partial charge in [0.2, 0.25) is 0 Å². The highest BCUT2D eigenvalue weighted by Gasteiger charge is 2.24. The molecule has 1 heterocycles. The molecular weight excluding hydrogens is 433 g/mol. The zero-order chi connectivity index (χ0) is 16.7. The first-order chi connectivity index (χ1) is 11.1. The number of anilines is 1. The SMILES string of the molecule is CCNC(=NCc1cccc(N(C)C)n1)NC1CCC(SC)C1.I. The Morgan fingerprint density at radius 3 is 2.79 bits per heavy atom. The molecule has 1 aliphatic carbocycles. The van der Waals surface area contributed by atoms with E-state index in [1.54, 1.807) is 0 Å². The molecule has 1 saturated carbocycles. The maximum Gasteiger partial charge on any atom is 0.191 e. The van der Waals surface area contributed by atoms with E-state index >= 15 is 0 Å². The molecule has 0 saturated heterocycles. The Kier molecular flexibility index (Phi) is 9.80. The van der Waals surface area contributed by atoms with Gasteiger partial charge >= 0.3 is 0 Å². The maximum absolute atomic E-state index is 4.71. The van der Waals surface area contributed by atoms with Crippen molar-refractivity contribution in [1.82, 2.24) is 15.6 Å². The van der Waals surface area contributed by atoms with Gasteiger partial charge in [-0.15, -0.1) is 24.0 Å². The van der Waals surface area contributed by atoms with Crippen LogP contribution in [-0.2, 0) is 6.54 Å². The molecule has 2 atom stereocenters. The third kappa shape index (κ3) is 6.66. The predicted molar refractivity (Wildman–Crippen MR) is 117 cm³/mol. The standard InChI is InChI=1S/C17H29N5S.HI/c1-5-18-17(21-13-9-10-15(11-13)23-4)19-12-14-7-6-8-16(20-14)22(2)3;/h6-8,13,15H,5,9-12H2,1-4H3,(H2,18,19,21);1H. The number of nitrogens with zero attached hydrogens (tertiary/aromatic N) is 3. The van der Waals surface area contributed by atoms with Crippen LogP contribution in [0.2, 0.25) is 0 Å². The molecule has 24 heavy (non-hydrogen) atoms. The average molecular weight is 463 g/mol. The van der Waals surface area contributed by atoms with Crippen LogP contribution in [0.5, 0.6) is 0 Å². The van der Waals surface area contributed by atoms with Crippen molar-refractivity contribution in [3.05, 3.63) is 23.9 Å².